The van der Waals surface area contributed by atoms with Crippen molar-refractivity contribution in [3.63, 3.8) is 0 Å². The van der Waals surface area contributed by atoms with Gasteiger partial charge in [-0.2, -0.15) is 0 Å². The molecule has 4 nitrogen and oxygen atoms in total. The van der Waals surface area contributed by atoms with E-state index in [1.54, 1.807) is 48.8 Å². The van der Waals surface area contributed by atoms with Crippen molar-refractivity contribution in [3.05, 3.63) is 89.0 Å². The summed E-state index contributed by atoms with van der Waals surface area (Å²) in [5.41, 5.74) is 1.49. The van der Waals surface area contributed by atoms with Crippen LogP contribution in [0.3, 0.4) is 0 Å². The molecular weight excluding hydrogens is 343 g/mol. The Morgan fingerprint density at radius 1 is 1.16 bits per heavy atom. The fourth-order valence-electron chi connectivity index (χ4n) is 2.19. The Kier molecular flexibility index (Phi) is 5.26. The van der Waals surface area contributed by atoms with Gasteiger partial charge in [0.05, 0.1) is 6.20 Å². The molecule has 126 valence electrons. The van der Waals surface area contributed by atoms with Crippen LogP contribution in [0.15, 0.2) is 67.0 Å². The Labute approximate surface area is 149 Å². The number of aromatic nitrogens is 1. The number of pyridine rings is 1. The van der Waals surface area contributed by atoms with Crippen LogP contribution in [0.2, 0.25) is 5.02 Å². The van der Waals surface area contributed by atoms with Crippen molar-refractivity contribution in [2.24, 2.45) is 0 Å². The van der Waals surface area contributed by atoms with Gasteiger partial charge in [0.25, 0.3) is 5.91 Å². The second-order valence-corrected chi connectivity index (χ2v) is 5.66. The molecule has 0 aliphatic carbocycles. The second-order valence-electron chi connectivity index (χ2n) is 5.25. The van der Waals surface area contributed by atoms with Crippen molar-refractivity contribution in [1.29, 1.82) is 0 Å². The van der Waals surface area contributed by atoms with Gasteiger partial charge in [-0.1, -0.05) is 17.7 Å². The molecule has 0 fully saturated rings. The van der Waals surface area contributed by atoms with Gasteiger partial charge < -0.3 is 10.1 Å². The third kappa shape index (κ3) is 4.55. The summed E-state index contributed by atoms with van der Waals surface area (Å²) in [5, 5.41) is 3.24. The highest BCUT2D eigenvalue weighted by molar-refractivity contribution is 6.31. The maximum Gasteiger partial charge on any atom is 0.255 e. The zero-order chi connectivity index (χ0) is 17.6. The standard InChI is InChI=1S/C19H14ClFN2O2/c20-18-7-6-16(23-19(24)13-3-1-4-15(21)9-13)10-14(18)12-25-17-5-2-8-22-11-17/h1-11H,12H2,(H,23,24). The van der Waals surface area contributed by atoms with Crippen molar-refractivity contribution in [3.8, 4) is 5.75 Å². The van der Waals surface area contributed by atoms with E-state index in [1.165, 1.54) is 18.2 Å². The summed E-state index contributed by atoms with van der Waals surface area (Å²) in [4.78, 5) is 16.2. The van der Waals surface area contributed by atoms with E-state index >= 15 is 0 Å². The molecule has 0 saturated carbocycles. The molecule has 3 rings (SSSR count). The summed E-state index contributed by atoms with van der Waals surface area (Å²) < 4.78 is 18.8. The third-order valence-electron chi connectivity index (χ3n) is 3.42. The fourth-order valence-corrected chi connectivity index (χ4v) is 2.36. The van der Waals surface area contributed by atoms with Gasteiger partial charge in [-0.3, -0.25) is 9.78 Å². The SMILES string of the molecule is O=C(Nc1ccc(Cl)c(COc2cccnc2)c1)c1cccc(F)c1. The summed E-state index contributed by atoms with van der Waals surface area (Å²) in [6, 6.07) is 14.1. The van der Waals surface area contributed by atoms with Crippen LogP contribution in [-0.4, -0.2) is 10.9 Å². The molecule has 0 saturated heterocycles. The van der Waals surface area contributed by atoms with E-state index in [2.05, 4.69) is 10.3 Å². The molecule has 0 aliphatic heterocycles. The molecule has 25 heavy (non-hydrogen) atoms. The highest BCUT2D eigenvalue weighted by Crippen LogP contribution is 2.23. The van der Waals surface area contributed by atoms with Crippen LogP contribution in [-0.2, 0) is 6.61 Å². The summed E-state index contributed by atoms with van der Waals surface area (Å²) >= 11 is 6.18. The van der Waals surface area contributed by atoms with Crippen LogP contribution >= 0.6 is 11.6 Å². The van der Waals surface area contributed by atoms with E-state index in [1.807, 2.05) is 0 Å². The summed E-state index contributed by atoms with van der Waals surface area (Å²) in [7, 11) is 0. The summed E-state index contributed by atoms with van der Waals surface area (Å²) in [5.74, 6) is -0.247. The van der Waals surface area contributed by atoms with Crippen LogP contribution in [0.5, 0.6) is 5.75 Å². The minimum Gasteiger partial charge on any atom is -0.487 e. The normalized spacial score (nSPS) is 10.3. The van der Waals surface area contributed by atoms with Gasteiger partial charge in [0.1, 0.15) is 18.2 Å². The molecule has 0 aliphatic rings. The molecule has 0 spiro atoms. The number of amides is 1. The summed E-state index contributed by atoms with van der Waals surface area (Å²) in [6.45, 7) is 0.230. The second kappa shape index (κ2) is 7.77. The Morgan fingerprint density at radius 2 is 2.04 bits per heavy atom. The minimum absolute atomic E-state index is 0.230. The van der Waals surface area contributed by atoms with Crippen molar-refractivity contribution in [1.82, 2.24) is 4.98 Å². The third-order valence-corrected chi connectivity index (χ3v) is 3.79. The lowest BCUT2D eigenvalue weighted by Crippen LogP contribution is -2.12. The van der Waals surface area contributed by atoms with Gasteiger partial charge in [-0.15, -0.1) is 0 Å². The molecule has 1 N–H and O–H groups in total. The van der Waals surface area contributed by atoms with E-state index < -0.39 is 11.7 Å². The Balaban J connectivity index is 1.71. The molecule has 1 heterocycles. The number of nitrogens with one attached hydrogen (secondary N) is 1. The molecule has 2 aromatic carbocycles. The zero-order valence-electron chi connectivity index (χ0n) is 13.1. The molecule has 0 bridgehead atoms. The lowest BCUT2D eigenvalue weighted by molar-refractivity contribution is 0.102. The monoisotopic (exact) mass is 356 g/mol. The lowest BCUT2D eigenvalue weighted by atomic mass is 10.1. The van der Waals surface area contributed by atoms with Gasteiger partial charge in [-0.05, 0) is 48.5 Å². The number of hydrogen-bond acceptors (Lipinski definition) is 3. The first-order chi connectivity index (χ1) is 12.1. The molecule has 1 amide bonds. The van der Waals surface area contributed by atoms with Crippen LogP contribution in [0.25, 0.3) is 0 Å². The zero-order valence-corrected chi connectivity index (χ0v) is 13.8. The molecule has 0 radical (unpaired) electrons. The largest absolute Gasteiger partial charge is 0.487 e. The average Bonchev–Trinajstić information content (AvgIpc) is 2.63. The molecular formula is C19H14ClFN2O2. The van der Waals surface area contributed by atoms with Gasteiger partial charge >= 0.3 is 0 Å². The fraction of sp³-hybridized carbons (Fsp3) is 0.0526. The first-order valence-electron chi connectivity index (χ1n) is 7.50. The number of anilines is 1. The van der Waals surface area contributed by atoms with E-state index in [0.29, 0.717) is 22.0 Å². The Morgan fingerprint density at radius 3 is 2.80 bits per heavy atom. The highest BCUT2D eigenvalue weighted by Gasteiger charge is 2.09. The number of benzene rings is 2. The maximum absolute atomic E-state index is 13.2. The number of halogens is 2. The van der Waals surface area contributed by atoms with Crippen LogP contribution in [0, 0.1) is 5.82 Å². The van der Waals surface area contributed by atoms with Gasteiger partial charge in [-0.25, -0.2) is 4.39 Å². The smallest absolute Gasteiger partial charge is 0.255 e. The minimum atomic E-state index is -0.464. The number of nitrogens with zero attached hydrogens (tertiary/aromatic N) is 1. The highest BCUT2D eigenvalue weighted by atomic mass is 35.5. The predicted octanol–water partition coefficient (Wildman–Crippen LogP) is 4.71. The van der Waals surface area contributed by atoms with Crippen molar-refractivity contribution < 1.29 is 13.9 Å². The number of hydrogen-bond donors (Lipinski definition) is 1. The topological polar surface area (TPSA) is 51.2 Å². The molecule has 0 unspecified atom stereocenters. The molecule has 6 heteroatoms. The number of carbonyl (C=O) groups is 1. The maximum atomic E-state index is 13.2. The van der Waals surface area contributed by atoms with E-state index in [-0.39, 0.29) is 12.2 Å². The first kappa shape index (κ1) is 16.9. The van der Waals surface area contributed by atoms with Gasteiger partial charge in [0, 0.05) is 28.0 Å². The van der Waals surface area contributed by atoms with E-state index in [9.17, 15) is 9.18 Å². The molecule has 1 aromatic heterocycles. The van der Waals surface area contributed by atoms with Crippen molar-refractivity contribution in [2.45, 2.75) is 6.61 Å². The van der Waals surface area contributed by atoms with Crippen molar-refractivity contribution >= 4 is 23.2 Å². The van der Waals surface area contributed by atoms with Crippen molar-refractivity contribution in [2.75, 3.05) is 5.32 Å². The Hall–Kier alpha value is -2.92. The van der Waals surface area contributed by atoms with Crippen LogP contribution in [0.1, 0.15) is 15.9 Å². The average molecular weight is 357 g/mol. The number of rotatable bonds is 5. The number of carbonyl (C=O) groups excluding carboxylic acids is 1. The lowest BCUT2D eigenvalue weighted by Gasteiger charge is -2.11. The van der Waals surface area contributed by atoms with Crippen LogP contribution < -0.4 is 10.1 Å². The van der Waals surface area contributed by atoms with Gasteiger partial charge in [0.15, 0.2) is 0 Å². The first-order valence-corrected chi connectivity index (χ1v) is 7.88. The van der Waals surface area contributed by atoms with Crippen LogP contribution in [0.4, 0.5) is 10.1 Å². The number of ether oxygens (including phenoxy) is 1. The quantitative estimate of drug-likeness (QED) is 0.720. The molecule has 0 atom stereocenters. The summed E-state index contributed by atoms with van der Waals surface area (Å²) in [6.07, 6.45) is 3.26. The Bertz CT molecular complexity index is 888. The van der Waals surface area contributed by atoms with E-state index in [4.69, 9.17) is 16.3 Å². The van der Waals surface area contributed by atoms with Gasteiger partial charge in [0.2, 0.25) is 0 Å². The van der Waals surface area contributed by atoms with E-state index in [0.717, 1.165) is 0 Å². The predicted molar refractivity (Wildman–Crippen MR) is 94.4 cm³/mol. The molecule has 3 aromatic rings.